The predicted molar refractivity (Wildman–Crippen MR) is 77.2 cm³/mol. The second kappa shape index (κ2) is 6.53. The average Bonchev–Trinajstić information content (AvgIpc) is 2.45. The van der Waals surface area contributed by atoms with Gasteiger partial charge in [0, 0.05) is 17.1 Å². The molecule has 1 aromatic heterocycles. The van der Waals surface area contributed by atoms with Crippen molar-refractivity contribution in [3.63, 3.8) is 0 Å². The van der Waals surface area contributed by atoms with Crippen LogP contribution in [0.4, 0.5) is 0 Å². The molecular weight excluding hydrogens is 238 g/mol. The summed E-state index contributed by atoms with van der Waals surface area (Å²) in [6.07, 6.45) is 4.02. The number of nitrogens with zero attached hydrogens (tertiary/aromatic N) is 1. The second-order valence-corrected chi connectivity index (χ2v) is 5.00. The zero-order chi connectivity index (χ0) is 13.7. The van der Waals surface area contributed by atoms with Crippen LogP contribution < -0.4 is 4.74 Å². The van der Waals surface area contributed by atoms with Crippen LogP contribution in [0.3, 0.4) is 0 Å². The van der Waals surface area contributed by atoms with Crippen molar-refractivity contribution >= 4 is 10.8 Å². The van der Waals surface area contributed by atoms with Gasteiger partial charge >= 0.3 is 0 Å². The van der Waals surface area contributed by atoms with E-state index in [2.05, 4.69) is 18.8 Å². The van der Waals surface area contributed by atoms with Crippen molar-refractivity contribution in [1.29, 1.82) is 0 Å². The molecule has 1 unspecified atom stereocenters. The molecule has 0 fully saturated rings. The van der Waals surface area contributed by atoms with Crippen LogP contribution in [0.25, 0.3) is 10.8 Å². The van der Waals surface area contributed by atoms with Gasteiger partial charge in [-0.3, -0.25) is 0 Å². The van der Waals surface area contributed by atoms with Crippen molar-refractivity contribution < 1.29 is 9.84 Å². The maximum absolute atomic E-state index is 9.33. The van der Waals surface area contributed by atoms with Crippen LogP contribution in [0.15, 0.2) is 30.5 Å². The number of rotatable bonds is 6. The minimum Gasteiger partial charge on any atom is -0.477 e. The van der Waals surface area contributed by atoms with E-state index >= 15 is 0 Å². The van der Waals surface area contributed by atoms with Gasteiger partial charge in [0.1, 0.15) is 0 Å². The molecule has 0 aliphatic rings. The number of aliphatic hydroxyl groups is 1. The monoisotopic (exact) mass is 259 g/mol. The highest BCUT2D eigenvalue weighted by Crippen LogP contribution is 2.26. The van der Waals surface area contributed by atoms with E-state index in [4.69, 9.17) is 4.74 Å². The largest absolute Gasteiger partial charge is 0.477 e. The number of benzene rings is 1. The molecule has 1 aromatic carbocycles. The third-order valence-corrected chi connectivity index (χ3v) is 3.30. The second-order valence-electron chi connectivity index (χ2n) is 5.00. The molecule has 3 nitrogen and oxygen atoms in total. The summed E-state index contributed by atoms with van der Waals surface area (Å²) in [5.74, 6) is 1.19. The van der Waals surface area contributed by atoms with Gasteiger partial charge in [0.2, 0.25) is 5.88 Å². The maximum atomic E-state index is 9.33. The van der Waals surface area contributed by atoms with Gasteiger partial charge in [0.15, 0.2) is 0 Å². The van der Waals surface area contributed by atoms with E-state index in [1.807, 2.05) is 24.3 Å². The topological polar surface area (TPSA) is 42.4 Å². The van der Waals surface area contributed by atoms with E-state index < -0.39 is 0 Å². The summed E-state index contributed by atoms with van der Waals surface area (Å²) in [4.78, 5) is 4.33. The number of pyridine rings is 1. The first-order valence-corrected chi connectivity index (χ1v) is 6.86. The predicted octanol–water partition coefficient (Wildman–Crippen LogP) is 3.54. The van der Waals surface area contributed by atoms with Crippen molar-refractivity contribution in [3.05, 3.63) is 36.0 Å². The minimum absolute atomic E-state index is 0.0000306. The summed E-state index contributed by atoms with van der Waals surface area (Å²) < 4.78 is 5.84. The lowest BCUT2D eigenvalue weighted by Crippen LogP contribution is -2.09. The maximum Gasteiger partial charge on any atom is 0.221 e. The molecule has 0 bridgehead atoms. The van der Waals surface area contributed by atoms with Crippen molar-refractivity contribution in [1.82, 2.24) is 4.98 Å². The van der Waals surface area contributed by atoms with Crippen molar-refractivity contribution in [3.8, 4) is 5.88 Å². The normalized spacial score (nSPS) is 12.6. The van der Waals surface area contributed by atoms with Crippen molar-refractivity contribution in [2.45, 2.75) is 33.3 Å². The van der Waals surface area contributed by atoms with E-state index in [0.29, 0.717) is 18.4 Å². The van der Waals surface area contributed by atoms with Crippen LogP contribution in [-0.2, 0) is 6.61 Å². The fourth-order valence-corrected chi connectivity index (χ4v) is 2.26. The molecule has 2 rings (SSSR count). The lowest BCUT2D eigenvalue weighted by atomic mass is 10.1. The number of aliphatic hydroxyl groups excluding tert-OH is 1. The number of hydrogen-bond acceptors (Lipinski definition) is 3. The van der Waals surface area contributed by atoms with Crippen LogP contribution >= 0.6 is 0 Å². The van der Waals surface area contributed by atoms with Crippen LogP contribution in [-0.4, -0.2) is 16.7 Å². The Bertz CT molecular complexity index is 539. The third-order valence-electron chi connectivity index (χ3n) is 3.30. The Morgan fingerprint density at radius 3 is 2.68 bits per heavy atom. The Morgan fingerprint density at radius 2 is 2.00 bits per heavy atom. The molecule has 0 spiro atoms. The van der Waals surface area contributed by atoms with Gasteiger partial charge in [-0.05, 0) is 23.8 Å². The van der Waals surface area contributed by atoms with E-state index in [1.54, 1.807) is 6.20 Å². The van der Waals surface area contributed by atoms with Gasteiger partial charge in [-0.2, -0.15) is 0 Å². The van der Waals surface area contributed by atoms with Gasteiger partial charge in [-0.25, -0.2) is 4.98 Å². The summed E-state index contributed by atoms with van der Waals surface area (Å²) in [5, 5.41) is 11.3. The highest BCUT2D eigenvalue weighted by atomic mass is 16.5. The molecule has 0 saturated carbocycles. The van der Waals surface area contributed by atoms with Gasteiger partial charge in [-0.1, -0.05) is 38.5 Å². The molecule has 0 saturated heterocycles. The van der Waals surface area contributed by atoms with Crippen LogP contribution in [0, 0.1) is 5.92 Å². The lowest BCUT2D eigenvalue weighted by molar-refractivity contribution is 0.245. The highest BCUT2D eigenvalue weighted by Gasteiger charge is 2.09. The average molecular weight is 259 g/mol. The van der Waals surface area contributed by atoms with Gasteiger partial charge in [0.25, 0.3) is 0 Å². The molecule has 1 heterocycles. The Kier molecular flexibility index (Phi) is 4.74. The molecule has 0 aliphatic carbocycles. The molecule has 0 aliphatic heterocycles. The quantitative estimate of drug-likeness (QED) is 0.862. The summed E-state index contributed by atoms with van der Waals surface area (Å²) in [6, 6.07) is 7.91. The number of hydrogen-bond donors (Lipinski definition) is 1. The van der Waals surface area contributed by atoms with E-state index in [-0.39, 0.29) is 6.61 Å². The molecular formula is C16H21NO2. The van der Waals surface area contributed by atoms with E-state index in [1.165, 1.54) is 6.42 Å². The molecule has 0 amide bonds. The smallest absolute Gasteiger partial charge is 0.221 e. The van der Waals surface area contributed by atoms with Gasteiger partial charge < -0.3 is 9.84 Å². The van der Waals surface area contributed by atoms with Crippen molar-refractivity contribution in [2.24, 2.45) is 5.92 Å². The zero-order valence-electron chi connectivity index (χ0n) is 11.6. The molecule has 3 heteroatoms. The summed E-state index contributed by atoms with van der Waals surface area (Å²) in [7, 11) is 0. The Hall–Kier alpha value is -1.61. The molecule has 0 radical (unpaired) electrons. The van der Waals surface area contributed by atoms with E-state index in [9.17, 15) is 5.11 Å². The summed E-state index contributed by atoms with van der Waals surface area (Å²) in [6.45, 7) is 5.05. The minimum atomic E-state index is 0.0000306. The lowest BCUT2D eigenvalue weighted by Gasteiger charge is -2.14. The Balaban J connectivity index is 2.24. The number of ether oxygens (including phenoxy) is 1. The van der Waals surface area contributed by atoms with Crippen LogP contribution in [0.2, 0.25) is 0 Å². The van der Waals surface area contributed by atoms with Gasteiger partial charge in [0.05, 0.1) is 13.2 Å². The standard InChI is InChI=1S/C16H21NO2/c1-3-6-12(2)11-19-16-15-8-5-4-7-14(15)13(10-18)9-17-16/h4-5,7-9,12,18H,3,6,10-11H2,1-2H3. The Labute approximate surface area is 114 Å². The SMILES string of the molecule is CCCC(C)COc1ncc(CO)c2ccccc12. The Morgan fingerprint density at radius 1 is 1.26 bits per heavy atom. The first kappa shape index (κ1) is 13.8. The zero-order valence-corrected chi connectivity index (χ0v) is 11.6. The molecule has 102 valence electrons. The summed E-state index contributed by atoms with van der Waals surface area (Å²) in [5.41, 5.74) is 0.838. The first-order chi connectivity index (χ1) is 9.26. The fourth-order valence-electron chi connectivity index (χ4n) is 2.26. The summed E-state index contributed by atoms with van der Waals surface area (Å²) >= 11 is 0. The molecule has 1 atom stereocenters. The molecule has 1 N–H and O–H groups in total. The van der Waals surface area contributed by atoms with Gasteiger partial charge in [-0.15, -0.1) is 0 Å². The fraction of sp³-hybridized carbons (Fsp3) is 0.438. The number of fused-ring (bicyclic) bond motifs is 1. The molecule has 2 aromatic rings. The van der Waals surface area contributed by atoms with Crippen molar-refractivity contribution in [2.75, 3.05) is 6.61 Å². The highest BCUT2D eigenvalue weighted by molar-refractivity contribution is 5.89. The number of aromatic nitrogens is 1. The van der Waals surface area contributed by atoms with Crippen LogP contribution in [0.5, 0.6) is 5.88 Å². The molecule has 19 heavy (non-hydrogen) atoms. The first-order valence-electron chi connectivity index (χ1n) is 6.86. The third kappa shape index (κ3) is 3.24. The van der Waals surface area contributed by atoms with Crippen LogP contribution in [0.1, 0.15) is 32.3 Å². The van der Waals surface area contributed by atoms with E-state index in [0.717, 1.165) is 22.8 Å².